The Bertz CT molecular complexity index is 655. The van der Waals surface area contributed by atoms with E-state index in [-0.39, 0.29) is 6.54 Å². The van der Waals surface area contributed by atoms with Gasteiger partial charge in [-0.15, -0.1) is 10.2 Å². The van der Waals surface area contributed by atoms with Crippen LogP contribution in [0.1, 0.15) is 17.3 Å². The molecule has 0 fully saturated rings. The normalized spacial score (nSPS) is 16.0. The monoisotopic (exact) mass is 317 g/mol. The van der Waals surface area contributed by atoms with Crippen molar-refractivity contribution in [2.75, 3.05) is 6.54 Å². The molecule has 5 nitrogen and oxygen atoms in total. The maximum atomic E-state index is 12.7. The average molecular weight is 318 g/mol. The van der Waals surface area contributed by atoms with Crippen LogP contribution in [0.2, 0.25) is 5.02 Å². The number of rotatable bonds is 2. The van der Waals surface area contributed by atoms with Crippen LogP contribution < -0.4 is 0 Å². The number of aromatic nitrogens is 4. The number of alkyl halides is 3. The highest BCUT2D eigenvalue weighted by molar-refractivity contribution is 6.30. The van der Waals surface area contributed by atoms with Crippen molar-refractivity contribution in [1.29, 1.82) is 0 Å². The summed E-state index contributed by atoms with van der Waals surface area (Å²) in [5.74, 6) is -0.617. The van der Waals surface area contributed by atoms with E-state index in [9.17, 15) is 13.2 Å². The van der Waals surface area contributed by atoms with Crippen LogP contribution in [-0.2, 0) is 25.8 Å². The van der Waals surface area contributed by atoms with Crippen molar-refractivity contribution in [2.45, 2.75) is 25.8 Å². The summed E-state index contributed by atoms with van der Waals surface area (Å²) in [5, 5.41) is 7.47. The zero-order valence-electron chi connectivity index (χ0n) is 10.8. The molecule has 0 N–H and O–H groups in total. The van der Waals surface area contributed by atoms with Crippen molar-refractivity contribution in [3.8, 4) is 0 Å². The first-order chi connectivity index (χ1) is 9.93. The number of nitrogens with zero attached hydrogens (tertiary/aromatic N) is 5. The van der Waals surface area contributed by atoms with E-state index < -0.39 is 12.0 Å². The van der Waals surface area contributed by atoms with Crippen molar-refractivity contribution >= 4 is 11.6 Å². The fourth-order valence-electron chi connectivity index (χ4n) is 2.32. The molecule has 0 aliphatic carbocycles. The quantitative estimate of drug-likeness (QED) is 0.853. The van der Waals surface area contributed by atoms with Crippen LogP contribution in [0, 0.1) is 0 Å². The highest BCUT2D eigenvalue weighted by Crippen LogP contribution is 2.29. The third kappa shape index (κ3) is 3.01. The lowest BCUT2D eigenvalue weighted by molar-refractivity contribution is -0.148. The number of halogens is 4. The summed E-state index contributed by atoms with van der Waals surface area (Å²) in [7, 11) is 0. The summed E-state index contributed by atoms with van der Waals surface area (Å²) >= 11 is 5.89. The van der Waals surface area contributed by atoms with Gasteiger partial charge in [-0.25, -0.2) is 0 Å². The fourth-order valence-corrected chi connectivity index (χ4v) is 2.50. The summed E-state index contributed by atoms with van der Waals surface area (Å²) in [6.45, 7) is 1.49. The predicted molar refractivity (Wildman–Crippen MR) is 68.4 cm³/mol. The Hall–Kier alpha value is -1.67. The van der Waals surface area contributed by atoms with Crippen LogP contribution in [0.3, 0.4) is 0 Å². The van der Waals surface area contributed by atoms with E-state index in [2.05, 4.69) is 15.2 Å². The molecule has 0 spiro atoms. The molecular formula is C12H11ClF3N5. The first-order valence-electron chi connectivity index (χ1n) is 6.25. The van der Waals surface area contributed by atoms with Crippen LogP contribution in [-0.4, -0.2) is 31.2 Å². The second-order valence-corrected chi connectivity index (χ2v) is 5.20. The molecule has 2 aromatic rings. The van der Waals surface area contributed by atoms with E-state index in [1.165, 1.54) is 0 Å². The van der Waals surface area contributed by atoms with Crippen molar-refractivity contribution in [2.24, 2.45) is 0 Å². The Morgan fingerprint density at radius 2 is 2.05 bits per heavy atom. The predicted octanol–water partition coefficient (Wildman–Crippen LogP) is 2.36. The van der Waals surface area contributed by atoms with E-state index in [0.29, 0.717) is 30.5 Å². The maximum Gasteiger partial charge on any atom is 0.451 e. The molecule has 3 rings (SSSR count). The largest absolute Gasteiger partial charge is 0.451 e. The molecule has 0 aromatic carbocycles. The van der Waals surface area contributed by atoms with Crippen molar-refractivity contribution in [3.05, 3.63) is 40.7 Å². The first-order valence-corrected chi connectivity index (χ1v) is 6.63. The molecule has 112 valence electrons. The molecule has 0 unspecified atom stereocenters. The van der Waals surface area contributed by atoms with Gasteiger partial charge in [-0.3, -0.25) is 9.88 Å². The van der Waals surface area contributed by atoms with Gasteiger partial charge in [-0.1, -0.05) is 11.6 Å². The van der Waals surface area contributed by atoms with E-state index in [4.69, 9.17) is 11.6 Å². The highest BCUT2D eigenvalue weighted by Gasteiger charge is 2.39. The molecule has 21 heavy (non-hydrogen) atoms. The Kier molecular flexibility index (Phi) is 3.58. The molecule has 0 amide bonds. The van der Waals surface area contributed by atoms with E-state index in [1.807, 2.05) is 4.90 Å². The molecule has 0 bridgehead atoms. The van der Waals surface area contributed by atoms with Crippen molar-refractivity contribution in [3.63, 3.8) is 0 Å². The molecule has 0 saturated carbocycles. The number of hydrogen-bond donors (Lipinski definition) is 0. The summed E-state index contributed by atoms with van der Waals surface area (Å²) in [6.07, 6.45) is -2.87. The van der Waals surface area contributed by atoms with Gasteiger partial charge in [0.2, 0.25) is 5.82 Å². The second kappa shape index (κ2) is 5.27. The third-order valence-electron chi connectivity index (χ3n) is 3.25. The molecule has 0 saturated heterocycles. The fraction of sp³-hybridized carbons (Fsp3) is 0.417. The smallest absolute Gasteiger partial charge is 0.305 e. The minimum absolute atomic E-state index is 0.206. The molecule has 1 aliphatic heterocycles. The minimum atomic E-state index is -4.47. The van der Waals surface area contributed by atoms with Gasteiger partial charge in [-0.05, 0) is 12.1 Å². The van der Waals surface area contributed by atoms with Crippen LogP contribution >= 0.6 is 11.6 Å². The molecule has 2 aromatic heterocycles. The Morgan fingerprint density at radius 1 is 1.24 bits per heavy atom. The maximum absolute atomic E-state index is 12.7. The van der Waals surface area contributed by atoms with Gasteiger partial charge in [0.25, 0.3) is 0 Å². The van der Waals surface area contributed by atoms with Gasteiger partial charge >= 0.3 is 6.18 Å². The standard InChI is InChI=1S/C12H11ClF3N5/c13-8-1-2-17-9(5-8)6-20-3-4-21-10(7-20)18-19-11(21)12(14,15)16/h1-2,5H,3-4,6-7H2. The minimum Gasteiger partial charge on any atom is -0.305 e. The van der Waals surface area contributed by atoms with Gasteiger partial charge in [0.1, 0.15) is 5.82 Å². The Labute approximate surface area is 123 Å². The number of fused-ring (bicyclic) bond motifs is 1. The topological polar surface area (TPSA) is 46.8 Å². The average Bonchev–Trinajstić information content (AvgIpc) is 2.81. The molecule has 3 heterocycles. The summed E-state index contributed by atoms with van der Waals surface area (Å²) in [4.78, 5) is 6.15. The van der Waals surface area contributed by atoms with E-state index in [1.54, 1.807) is 18.3 Å². The summed E-state index contributed by atoms with van der Waals surface area (Å²) in [5.41, 5.74) is 0.770. The molecule has 1 aliphatic rings. The summed E-state index contributed by atoms with van der Waals surface area (Å²) in [6, 6.07) is 3.41. The second-order valence-electron chi connectivity index (χ2n) is 4.77. The lowest BCUT2D eigenvalue weighted by atomic mass is 10.3. The SMILES string of the molecule is FC(F)(F)c1nnc2n1CCN(Cc1cc(Cl)ccn1)C2. The Morgan fingerprint density at radius 3 is 2.76 bits per heavy atom. The van der Waals surface area contributed by atoms with Crippen LogP contribution in [0.25, 0.3) is 0 Å². The lowest BCUT2D eigenvalue weighted by Crippen LogP contribution is -2.35. The van der Waals surface area contributed by atoms with Crippen LogP contribution in [0.15, 0.2) is 18.3 Å². The zero-order valence-corrected chi connectivity index (χ0v) is 11.6. The van der Waals surface area contributed by atoms with Gasteiger partial charge in [0.05, 0.1) is 12.2 Å². The Balaban J connectivity index is 1.75. The summed E-state index contributed by atoms with van der Waals surface area (Å²) < 4.78 is 39.3. The van der Waals surface area contributed by atoms with Gasteiger partial charge < -0.3 is 4.57 Å². The molecule has 9 heteroatoms. The molecule has 0 atom stereocenters. The van der Waals surface area contributed by atoms with Crippen molar-refractivity contribution < 1.29 is 13.2 Å². The highest BCUT2D eigenvalue weighted by atomic mass is 35.5. The van der Waals surface area contributed by atoms with Crippen LogP contribution in [0.4, 0.5) is 13.2 Å². The lowest BCUT2D eigenvalue weighted by Gasteiger charge is -2.27. The number of hydrogen-bond acceptors (Lipinski definition) is 4. The van der Waals surface area contributed by atoms with E-state index in [0.717, 1.165) is 10.3 Å². The molecular weight excluding hydrogens is 307 g/mol. The van der Waals surface area contributed by atoms with Crippen molar-refractivity contribution in [1.82, 2.24) is 24.6 Å². The zero-order chi connectivity index (χ0) is 15.0. The van der Waals surface area contributed by atoms with Gasteiger partial charge in [0.15, 0.2) is 0 Å². The first kappa shape index (κ1) is 14.3. The number of pyridine rings is 1. The molecule has 0 radical (unpaired) electrons. The van der Waals surface area contributed by atoms with E-state index >= 15 is 0 Å². The van der Waals surface area contributed by atoms with Gasteiger partial charge in [-0.2, -0.15) is 13.2 Å². The third-order valence-corrected chi connectivity index (χ3v) is 3.49. The van der Waals surface area contributed by atoms with Crippen LogP contribution in [0.5, 0.6) is 0 Å². The van der Waals surface area contributed by atoms with Gasteiger partial charge in [0, 0.05) is 30.9 Å².